The Hall–Kier alpha value is -1.12. The quantitative estimate of drug-likeness (QED) is 0.754. The summed E-state index contributed by atoms with van der Waals surface area (Å²) in [6.07, 6.45) is 5.33. The van der Waals surface area contributed by atoms with Gasteiger partial charge in [0.2, 0.25) is 5.91 Å². The van der Waals surface area contributed by atoms with Crippen molar-refractivity contribution in [2.24, 2.45) is 5.92 Å². The molecule has 22 heavy (non-hydrogen) atoms. The van der Waals surface area contributed by atoms with Crippen molar-refractivity contribution in [1.82, 2.24) is 10.2 Å². The summed E-state index contributed by atoms with van der Waals surface area (Å²) in [6.45, 7) is 8.12. The first-order chi connectivity index (χ1) is 10.3. The van der Waals surface area contributed by atoms with Crippen LogP contribution in [0.5, 0.6) is 0 Å². The second kappa shape index (κ2) is 8.50. The molecule has 2 atom stereocenters. The highest BCUT2D eigenvalue weighted by Gasteiger charge is 2.31. The van der Waals surface area contributed by atoms with Crippen LogP contribution in [-0.4, -0.2) is 46.7 Å². The van der Waals surface area contributed by atoms with Crippen molar-refractivity contribution >= 4 is 5.91 Å². The molecule has 0 aromatic rings. The Balaban J connectivity index is 2.68. The Morgan fingerprint density at radius 3 is 2.41 bits per heavy atom. The number of aliphatic hydroxyl groups excluding tert-OH is 1. The van der Waals surface area contributed by atoms with Crippen molar-refractivity contribution in [2.45, 2.75) is 77.5 Å². The number of aliphatic hydroxyl groups is 1. The van der Waals surface area contributed by atoms with Gasteiger partial charge in [0.25, 0.3) is 0 Å². The molecular formula is C17H31N3O2. The molecule has 0 heterocycles. The zero-order valence-corrected chi connectivity index (χ0v) is 14.4. The minimum atomic E-state index is -0.847. The molecule has 2 N–H and O–H groups in total. The summed E-state index contributed by atoms with van der Waals surface area (Å²) in [7, 11) is 0. The highest BCUT2D eigenvalue weighted by atomic mass is 16.3. The maximum atomic E-state index is 12.4. The fourth-order valence-electron chi connectivity index (χ4n) is 2.94. The Kier molecular flexibility index (Phi) is 7.31. The van der Waals surface area contributed by atoms with Gasteiger partial charge in [-0.2, -0.15) is 5.26 Å². The van der Waals surface area contributed by atoms with E-state index >= 15 is 0 Å². The number of hydrogen-bond acceptors (Lipinski definition) is 4. The van der Waals surface area contributed by atoms with E-state index in [2.05, 4.69) is 16.3 Å². The van der Waals surface area contributed by atoms with Crippen LogP contribution in [0.4, 0.5) is 0 Å². The molecule has 0 spiro atoms. The van der Waals surface area contributed by atoms with Crippen LogP contribution in [0.25, 0.3) is 0 Å². The maximum Gasteiger partial charge on any atom is 0.235 e. The Morgan fingerprint density at radius 2 is 1.95 bits per heavy atom. The SMILES string of the molecule is CC(O)CN(CC(=O)NC(C)(C#N)C(C)C)C1CCCCC1. The van der Waals surface area contributed by atoms with Gasteiger partial charge in [-0.25, -0.2) is 0 Å². The number of rotatable bonds is 7. The van der Waals surface area contributed by atoms with Gasteiger partial charge in [0.05, 0.1) is 18.7 Å². The van der Waals surface area contributed by atoms with Crippen LogP contribution >= 0.6 is 0 Å². The van der Waals surface area contributed by atoms with Crippen LogP contribution < -0.4 is 5.32 Å². The van der Waals surface area contributed by atoms with E-state index in [0.717, 1.165) is 12.8 Å². The molecule has 0 aromatic carbocycles. The Morgan fingerprint density at radius 1 is 1.36 bits per heavy atom. The van der Waals surface area contributed by atoms with Crippen molar-refractivity contribution in [3.63, 3.8) is 0 Å². The van der Waals surface area contributed by atoms with Gasteiger partial charge in [-0.3, -0.25) is 9.69 Å². The number of carbonyl (C=O) groups excluding carboxylic acids is 1. The first-order valence-corrected chi connectivity index (χ1v) is 8.43. The predicted molar refractivity (Wildman–Crippen MR) is 87.1 cm³/mol. The molecule has 2 unspecified atom stereocenters. The van der Waals surface area contributed by atoms with Gasteiger partial charge in [-0.05, 0) is 32.6 Å². The van der Waals surface area contributed by atoms with Crippen molar-refractivity contribution in [2.75, 3.05) is 13.1 Å². The van der Waals surface area contributed by atoms with E-state index < -0.39 is 11.6 Å². The summed E-state index contributed by atoms with van der Waals surface area (Å²) < 4.78 is 0. The number of carbonyl (C=O) groups is 1. The number of nitriles is 1. The third kappa shape index (κ3) is 5.58. The molecule has 126 valence electrons. The van der Waals surface area contributed by atoms with Crippen LogP contribution in [-0.2, 0) is 4.79 Å². The van der Waals surface area contributed by atoms with Gasteiger partial charge >= 0.3 is 0 Å². The average molecular weight is 309 g/mol. The second-order valence-corrected chi connectivity index (χ2v) is 7.09. The molecule has 5 heteroatoms. The van der Waals surface area contributed by atoms with E-state index in [0.29, 0.717) is 12.6 Å². The van der Waals surface area contributed by atoms with Gasteiger partial charge in [-0.1, -0.05) is 33.1 Å². The van der Waals surface area contributed by atoms with Crippen LogP contribution in [0.3, 0.4) is 0 Å². The van der Waals surface area contributed by atoms with Gasteiger partial charge in [0, 0.05) is 12.6 Å². The van der Waals surface area contributed by atoms with Crippen LogP contribution in [0.1, 0.15) is 59.8 Å². The molecule has 1 amide bonds. The Labute approximate surface area is 134 Å². The zero-order valence-electron chi connectivity index (χ0n) is 14.4. The molecule has 1 aliphatic carbocycles. The molecule has 1 fully saturated rings. The van der Waals surface area contributed by atoms with Crippen molar-refractivity contribution in [3.8, 4) is 6.07 Å². The van der Waals surface area contributed by atoms with E-state index in [9.17, 15) is 15.2 Å². The highest BCUT2D eigenvalue weighted by Crippen LogP contribution is 2.23. The van der Waals surface area contributed by atoms with E-state index in [1.165, 1.54) is 19.3 Å². The summed E-state index contributed by atoms with van der Waals surface area (Å²) in [5.74, 6) is -0.0923. The molecule has 0 bridgehead atoms. The monoisotopic (exact) mass is 309 g/mol. The maximum absolute atomic E-state index is 12.4. The summed E-state index contributed by atoms with van der Waals surface area (Å²) in [6, 6.07) is 2.57. The summed E-state index contributed by atoms with van der Waals surface area (Å²) in [4.78, 5) is 14.5. The molecule has 0 radical (unpaired) electrons. The van der Waals surface area contributed by atoms with Crippen LogP contribution in [0.15, 0.2) is 0 Å². The lowest BCUT2D eigenvalue weighted by atomic mass is 9.90. The number of nitrogens with one attached hydrogen (secondary N) is 1. The average Bonchev–Trinajstić information content (AvgIpc) is 2.46. The van der Waals surface area contributed by atoms with Gasteiger partial charge in [0.1, 0.15) is 5.54 Å². The summed E-state index contributed by atoms with van der Waals surface area (Å²) in [5, 5.41) is 21.9. The smallest absolute Gasteiger partial charge is 0.235 e. The van der Waals surface area contributed by atoms with Crippen LogP contribution in [0.2, 0.25) is 0 Å². The summed E-state index contributed by atoms with van der Waals surface area (Å²) in [5.41, 5.74) is -0.847. The molecule has 5 nitrogen and oxygen atoms in total. The Bertz CT molecular complexity index is 397. The summed E-state index contributed by atoms with van der Waals surface area (Å²) >= 11 is 0. The second-order valence-electron chi connectivity index (χ2n) is 7.09. The van der Waals surface area contributed by atoms with Crippen LogP contribution in [0, 0.1) is 17.2 Å². The van der Waals surface area contributed by atoms with E-state index in [4.69, 9.17) is 0 Å². The van der Waals surface area contributed by atoms with Crippen molar-refractivity contribution in [3.05, 3.63) is 0 Å². The number of hydrogen-bond donors (Lipinski definition) is 2. The number of amides is 1. The highest BCUT2D eigenvalue weighted by molar-refractivity contribution is 5.79. The first kappa shape index (κ1) is 18.9. The van der Waals surface area contributed by atoms with E-state index in [1.807, 2.05) is 13.8 Å². The van der Waals surface area contributed by atoms with Gasteiger partial charge < -0.3 is 10.4 Å². The van der Waals surface area contributed by atoms with Crippen molar-refractivity contribution < 1.29 is 9.90 Å². The zero-order chi connectivity index (χ0) is 16.8. The third-order valence-corrected chi connectivity index (χ3v) is 4.72. The standard InChI is InChI=1S/C17H31N3O2/c1-13(2)17(4,12-18)19-16(22)11-20(10-14(3)21)15-8-6-5-7-9-15/h13-15,21H,5-11H2,1-4H3,(H,19,22). The lowest BCUT2D eigenvalue weighted by Crippen LogP contribution is -2.53. The largest absolute Gasteiger partial charge is 0.392 e. The number of nitrogens with zero attached hydrogens (tertiary/aromatic N) is 2. The first-order valence-electron chi connectivity index (χ1n) is 8.43. The molecule has 1 saturated carbocycles. The lowest BCUT2D eigenvalue weighted by molar-refractivity contribution is -0.125. The third-order valence-electron chi connectivity index (χ3n) is 4.72. The predicted octanol–water partition coefficient (Wildman–Crippen LogP) is 2.06. The molecule has 0 aromatic heterocycles. The fourth-order valence-corrected chi connectivity index (χ4v) is 2.94. The topological polar surface area (TPSA) is 76.4 Å². The fraction of sp³-hybridized carbons (Fsp3) is 0.882. The normalized spacial score (nSPS) is 20.5. The molecular weight excluding hydrogens is 278 g/mol. The van der Waals surface area contributed by atoms with Crippen molar-refractivity contribution in [1.29, 1.82) is 5.26 Å². The molecule has 0 aliphatic heterocycles. The van der Waals surface area contributed by atoms with E-state index in [1.54, 1.807) is 13.8 Å². The minimum Gasteiger partial charge on any atom is -0.392 e. The minimum absolute atomic E-state index is 0.0429. The molecule has 1 aliphatic rings. The van der Waals surface area contributed by atoms with E-state index in [-0.39, 0.29) is 18.4 Å². The molecule has 1 rings (SSSR count). The van der Waals surface area contributed by atoms with Gasteiger partial charge in [-0.15, -0.1) is 0 Å². The van der Waals surface area contributed by atoms with Gasteiger partial charge in [0.15, 0.2) is 0 Å². The molecule has 0 saturated heterocycles. The lowest BCUT2D eigenvalue weighted by Gasteiger charge is -2.36.